The Hall–Kier alpha value is -1.20. The largest absolute Gasteiger partial charge is 0.440 e. The number of aryl methyl sites for hydroxylation is 1. The lowest BCUT2D eigenvalue weighted by atomic mass is 10.3. The summed E-state index contributed by atoms with van der Waals surface area (Å²) >= 11 is 1.53. The second-order valence-corrected chi connectivity index (χ2v) is 3.62. The summed E-state index contributed by atoms with van der Waals surface area (Å²) < 4.78 is 5.51. The van der Waals surface area contributed by atoms with E-state index in [0.717, 1.165) is 24.3 Å². The van der Waals surface area contributed by atoms with Crippen LogP contribution in [-0.2, 0) is 6.42 Å². The Bertz CT molecular complexity index is 382. The summed E-state index contributed by atoms with van der Waals surface area (Å²) in [6.07, 6.45) is 3.50. The molecule has 0 aliphatic rings. The molecule has 2 N–H and O–H groups in total. The normalized spacial score (nSPS) is 10.6. The highest BCUT2D eigenvalue weighted by Crippen LogP contribution is 2.19. The molecule has 0 saturated heterocycles. The van der Waals surface area contributed by atoms with Crippen molar-refractivity contribution in [3.8, 4) is 11.6 Å². The molecule has 0 spiro atoms. The van der Waals surface area contributed by atoms with Gasteiger partial charge in [-0.25, -0.2) is 9.97 Å². The van der Waals surface area contributed by atoms with E-state index in [-0.39, 0.29) is 0 Å². The molecule has 0 atom stereocenters. The van der Waals surface area contributed by atoms with Crippen LogP contribution in [0.25, 0.3) is 11.6 Å². The molecule has 0 amide bonds. The number of oxazole rings is 1. The van der Waals surface area contributed by atoms with Crippen molar-refractivity contribution in [3.63, 3.8) is 0 Å². The van der Waals surface area contributed by atoms with Gasteiger partial charge in [0.15, 0.2) is 0 Å². The van der Waals surface area contributed by atoms with Gasteiger partial charge in [-0.1, -0.05) is 0 Å². The zero-order valence-corrected chi connectivity index (χ0v) is 8.46. The number of nitrogens with two attached hydrogens (primary N) is 1. The summed E-state index contributed by atoms with van der Waals surface area (Å²) in [5.74, 6) is 1.47. The van der Waals surface area contributed by atoms with Crippen LogP contribution in [0.2, 0.25) is 0 Å². The second kappa shape index (κ2) is 4.34. The van der Waals surface area contributed by atoms with Crippen molar-refractivity contribution in [3.05, 3.63) is 22.8 Å². The van der Waals surface area contributed by atoms with Gasteiger partial charge in [0.25, 0.3) is 0 Å². The Morgan fingerprint density at radius 3 is 3.07 bits per heavy atom. The van der Waals surface area contributed by atoms with Gasteiger partial charge in [-0.3, -0.25) is 0 Å². The maximum absolute atomic E-state index is 5.51. The molecule has 0 saturated carbocycles. The Labute approximate surface area is 85.8 Å². The molecule has 2 heterocycles. The average molecular weight is 209 g/mol. The highest BCUT2D eigenvalue weighted by molar-refractivity contribution is 7.07. The van der Waals surface area contributed by atoms with Gasteiger partial charge in [0.05, 0.1) is 11.7 Å². The number of aromatic nitrogens is 2. The third-order valence-corrected chi connectivity index (χ3v) is 2.42. The van der Waals surface area contributed by atoms with Crippen LogP contribution in [0.3, 0.4) is 0 Å². The van der Waals surface area contributed by atoms with Crippen LogP contribution in [0.15, 0.2) is 21.5 Å². The zero-order chi connectivity index (χ0) is 9.80. The van der Waals surface area contributed by atoms with Crippen molar-refractivity contribution >= 4 is 11.3 Å². The zero-order valence-electron chi connectivity index (χ0n) is 7.64. The first kappa shape index (κ1) is 9.36. The number of nitrogens with zero attached hydrogens (tertiary/aromatic N) is 2. The van der Waals surface area contributed by atoms with Crippen LogP contribution in [0.1, 0.15) is 12.2 Å². The number of hydrogen-bond acceptors (Lipinski definition) is 5. The molecule has 2 rings (SSSR count). The molecule has 0 unspecified atom stereocenters. The first-order valence-corrected chi connectivity index (χ1v) is 5.38. The maximum atomic E-state index is 5.51. The highest BCUT2D eigenvalue weighted by Gasteiger charge is 2.07. The Balaban J connectivity index is 2.10. The molecule has 0 radical (unpaired) electrons. The minimum Gasteiger partial charge on any atom is -0.440 e. The average Bonchev–Trinajstić information content (AvgIpc) is 2.85. The van der Waals surface area contributed by atoms with Crippen molar-refractivity contribution in [2.75, 3.05) is 6.54 Å². The molecule has 0 aromatic carbocycles. The molecule has 5 heteroatoms. The molecular formula is C9H11N3OS. The monoisotopic (exact) mass is 209 g/mol. The number of rotatable bonds is 4. The molecule has 0 bridgehead atoms. The van der Waals surface area contributed by atoms with Gasteiger partial charge in [0, 0.05) is 11.8 Å². The fourth-order valence-corrected chi connectivity index (χ4v) is 1.66. The molecular weight excluding hydrogens is 198 g/mol. The Morgan fingerprint density at radius 1 is 1.43 bits per heavy atom. The minimum atomic E-state index is 0.596. The van der Waals surface area contributed by atoms with Crippen molar-refractivity contribution in [1.29, 1.82) is 0 Å². The third kappa shape index (κ3) is 2.00. The van der Waals surface area contributed by atoms with Crippen LogP contribution < -0.4 is 5.73 Å². The van der Waals surface area contributed by atoms with Gasteiger partial charge in [0.1, 0.15) is 11.5 Å². The third-order valence-electron chi connectivity index (χ3n) is 1.83. The van der Waals surface area contributed by atoms with Crippen LogP contribution in [0.4, 0.5) is 0 Å². The fraction of sp³-hybridized carbons (Fsp3) is 0.333. The van der Waals surface area contributed by atoms with Gasteiger partial charge in [-0.05, 0) is 13.0 Å². The van der Waals surface area contributed by atoms with Crippen LogP contribution in [0.5, 0.6) is 0 Å². The lowest BCUT2D eigenvalue weighted by molar-refractivity contribution is 0.510. The number of thiazole rings is 1. The van der Waals surface area contributed by atoms with Gasteiger partial charge in [0.2, 0.25) is 5.89 Å². The summed E-state index contributed by atoms with van der Waals surface area (Å²) in [5, 5.41) is 1.92. The van der Waals surface area contributed by atoms with Crippen LogP contribution in [-0.4, -0.2) is 16.5 Å². The predicted octanol–water partition coefficient (Wildman–Crippen LogP) is 1.69. The predicted molar refractivity (Wildman–Crippen MR) is 55.0 cm³/mol. The molecule has 14 heavy (non-hydrogen) atoms. The quantitative estimate of drug-likeness (QED) is 0.832. The molecule has 2 aromatic heterocycles. The van der Waals surface area contributed by atoms with Gasteiger partial charge < -0.3 is 10.2 Å². The SMILES string of the molecule is NCCCc1cnc(-c2cscn2)o1. The maximum Gasteiger partial charge on any atom is 0.246 e. The van der Waals surface area contributed by atoms with Crippen LogP contribution >= 0.6 is 11.3 Å². The smallest absolute Gasteiger partial charge is 0.246 e. The first-order chi connectivity index (χ1) is 6.90. The lowest BCUT2D eigenvalue weighted by Crippen LogP contribution is -1.99. The van der Waals surface area contributed by atoms with E-state index in [1.165, 1.54) is 11.3 Å². The molecule has 74 valence electrons. The summed E-state index contributed by atoms with van der Waals surface area (Å²) in [6.45, 7) is 0.673. The summed E-state index contributed by atoms with van der Waals surface area (Å²) in [6, 6.07) is 0. The van der Waals surface area contributed by atoms with Crippen molar-refractivity contribution in [1.82, 2.24) is 9.97 Å². The number of hydrogen-bond donors (Lipinski definition) is 1. The van der Waals surface area contributed by atoms with Gasteiger partial charge >= 0.3 is 0 Å². The topological polar surface area (TPSA) is 64.9 Å². The second-order valence-electron chi connectivity index (χ2n) is 2.90. The van der Waals surface area contributed by atoms with Crippen molar-refractivity contribution in [2.24, 2.45) is 5.73 Å². The van der Waals surface area contributed by atoms with E-state index >= 15 is 0 Å². The molecule has 0 aliphatic heterocycles. The van der Waals surface area contributed by atoms with Crippen molar-refractivity contribution < 1.29 is 4.42 Å². The fourth-order valence-electron chi connectivity index (χ4n) is 1.14. The summed E-state index contributed by atoms with van der Waals surface area (Å²) in [4.78, 5) is 8.27. The first-order valence-electron chi connectivity index (χ1n) is 4.43. The Kier molecular flexibility index (Phi) is 2.90. The van der Waals surface area contributed by atoms with E-state index in [4.69, 9.17) is 10.2 Å². The van der Waals surface area contributed by atoms with Gasteiger partial charge in [-0.2, -0.15) is 0 Å². The van der Waals surface area contributed by atoms with E-state index in [1.807, 2.05) is 5.38 Å². The van der Waals surface area contributed by atoms with Crippen LogP contribution in [0, 0.1) is 0 Å². The highest BCUT2D eigenvalue weighted by atomic mass is 32.1. The Morgan fingerprint density at radius 2 is 2.36 bits per heavy atom. The molecule has 2 aromatic rings. The van der Waals surface area contributed by atoms with E-state index in [9.17, 15) is 0 Å². The molecule has 4 nitrogen and oxygen atoms in total. The van der Waals surface area contributed by atoms with E-state index in [2.05, 4.69) is 9.97 Å². The minimum absolute atomic E-state index is 0.596. The van der Waals surface area contributed by atoms with E-state index < -0.39 is 0 Å². The summed E-state index contributed by atoms with van der Waals surface area (Å²) in [5.41, 5.74) is 7.97. The van der Waals surface area contributed by atoms with Crippen molar-refractivity contribution in [2.45, 2.75) is 12.8 Å². The standard InChI is InChI=1S/C9H11N3OS/c10-3-1-2-7-4-11-9(13-7)8-5-14-6-12-8/h4-6H,1-3,10H2. The van der Waals surface area contributed by atoms with E-state index in [1.54, 1.807) is 11.7 Å². The van der Waals surface area contributed by atoms with E-state index in [0.29, 0.717) is 12.4 Å². The molecule has 0 aliphatic carbocycles. The molecule has 0 fully saturated rings. The van der Waals surface area contributed by atoms with Gasteiger partial charge in [-0.15, -0.1) is 11.3 Å². The summed E-state index contributed by atoms with van der Waals surface area (Å²) in [7, 11) is 0. The lowest BCUT2D eigenvalue weighted by Gasteiger charge is -1.91.